The van der Waals surface area contributed by atoms with E-state index < -0.39 is 0 Å². The summed E-state index contributed by atoms with van der Waals surface area (Å²) in [4.78, 5) is 18.7. The van der Waals surface area contributed by atoms with E-state index in [1.807, 2.05) is 6.07 Å². The van der Waals surface area contributed by atoms with Gasteiger partial charge in [-0.2, -0.15) is 0 Å². The molecule has 21 heavy (non-hydrogen) atoms. The van der Waals surface area contributed by atoms with Crippen molar-refractivity contribution in [3.8, 4) is 0 Å². The molecular weight excluding hydrogens is 264 g/mol. The molecule has 0 spiro atoms. The fraction of sp³-hybridized carbons (Fsp3) is 0.625. The van der Waals surface area contributed by atoms with E-state index in [1.165, 1.54) is 5.56 Å². The molecule has 1 atom stereocenters. The lowest BCUT2D eigenvalue weighted by Gasteiger charge is -2.35. The molecule has 0 aromatic carbocycles. The van der Waals surface area contributed by atoms with Gasteiger partial charge in [-0.3, -0.25) is 4.79 Å². The van der Waals surface area contributed by atoms with Crippen LogP contribution in [0.25, 0.3) is 0 Å². The highest BCUT2D eigenvalue weighted by Crippen LogP contribution is 2.30. The molecule has 0 radical (unpaired) electrons. The van der Waals surface area contributed by atoms with Crippen molar-refractivity contribution < 1.29 is 4.79 Å². The summed E-state index contributed by atoms with van der Waals surface area (Å²) in [6.07, 6.45) is 5.24. The molecule has 1 unspecified atom stereocenters. The molecule has 1 aromatic heterocycles. The topological polar surface area (TPSA) is 85.2 Å². The predicted octanol–water partition coefficient (Wildman–Crippen LogP) is 1.23. The lowest BCUT2D eigenvalue weighted by atomic mass is 9.91. The number of hydrogen-bond donors (Lipinski definition) is 2. The van der Waals surface area contributed by atoms with Crippen molar-refractivity contribution in [1.29, 1.82) is 0 Å². The molecule has 1 amide bonds. The van der Waals surface area contributed by atoms with Gasteiger partial charge in [-0.1, -0.05) is 0 Å². The lowest BCUT2D eigenvalue weighted by Crippen LogP contribution is -2.41. The van der Waals surface area contributed by atoms with Gasteiger partial charge in [-0.05, 0) is 56.6 Å². The van der Waals surface area contributed by atoms with Crippen molar-refractivity contribution >= 4 is 11.7 Å². The molecule has 1 aromatic rings. The van der Waals surface area contributed by atoms with Crippen molar-refractivity contribution in [2.24, 2.45) is 17.4 Å². The molecule has 0 bridgehead atoms. The Kier molecular flexibility index (Phi) is 3.85. The largest absolute Gasteiger partial charge is 0.365 e. The van der Waals surface area contributed by atoms with Crippen molar-refractivity contribution in [1.82, 2.24) is 4.98 Å². The third kappa shape index (κ3) is 2.75. The number of primary amides is 1. The molecule has 1 saturated heterocycles. The molecule has 5 heteroatoms. The Morgan fingerprint density at radius 2 is 2.10 bits per heavy atom. The maximum absolute atomic E-state index is 11.8. The van der Waals surface area contributed by atoms with Crippen LogP contribution in [0.2, 0.25) is 0 Å². The van der Waals surface area contributed by atoms with Crippen LogP contribution in [-0.2, 0) is 12.8 Å². The Morgan fingerprint density at radius 1 is 1.38 bits per heavy atom. The molecule has 2 aliphatic rings. The summed E-state index contributed by atoms with van der Waals surface area (Å²) in [7, 11) is 0. The van der Waals surface area contributed by atoms with Crippen LogP contribution in [0.5, 0.6) is 0 Å². The van der Waals surface area contributed by atoms with E-state index in [0.717, 1.165) is 56.7 Å². The van der Waals surface area contributed by atoms with Gasteiger partial charge in [0.2, 0.25) is 0 Å². The Labute approximate surface area is 125 Å². The van der Waals surface area contributed by atoms with Gasteiger partial charge in [-0.25, -0.2) is 4.98 Å². The minimum absolute atomic E-state index is 0.232. The molecule has 1 aliphatic heterocycles. The van der Waals surface area contributed by atoms with E-state index in [4.69, 9.17) is 16.5 Å². The van der Waals surface area contributed by atoms with Gasteiger partial charge in [0.05, 0.1) is 5.56 Å². The molecule has 1 aliphatic carbocycles. The monoisotopic (exact) mass is 288 g/mol. The number of amides is 1. The second-order valence-electron chi connectivity index (χ2n) is 6.37. The van der Waals surface area contributed by atoms with Crippen molar-refractivity contribution in [3.63, 3.8) is 0 Å². The first kappa shape index (κ1) is 14.3. The summed E-state index contributed by atoms with van der Waals surface area (Å²) < 4.78 is 0. The number of aromatic nitrogens is 1. The minimum Gasteiger partial charge on any atom is -0.365 e. The Balaban J connectivity index is 1.86. The maximum Gasteiger partial charge on any atom is 0.252 e. The summed E-state index contributed by atoms with van der Waals surface area (Å²) in [6, 6.07) is 2.20. The Morgan fingerprint density at radius 3 is 2.71 bits per heavy atom. The summed E-state index contributed by atoms with van der Waals surface area (Å²) >= 11 is 0. The molecular formula is C16H24N4O. The van der Waals surface area contributed by atoms with Gasteiger partial charge in [-0.15, -0.1) is 0 Å². The van der Waals surface area contributed by atoms with Gasteiger partial charge in [0.1, 0.15) is 5.82 Å². The number of anilines is 1. The zero-order valence-corrected chi connectivity index (χ0v) is 12.6. The molecule has 3 rings (SSSR count). The number of nitrogens with two attached hydrogens (primary N) is 2. The van der Waals surface area contributed by atoms with Gasteiger partial charge < -0.3 is 16.4 Å². The van der Waals surface area contributed by atoms with Crippen LogP contribution >= 0.6 is 0 Å². The average molecular weight is 288 g/mol. The van der Waals surface area contributed by atoms with Crippen molar-refractivity contribution in [2.45, 2.75) is 45.1 Å². The SMILES string of the molecule is CC(N)C1CCN(c2nc3c(cc2C(N)=O)CCC3)CC1. The molecule has 2 heterocycles. The fourth-order valence-electron chi connectivity index (χ4n) is 3.52. The van der Waals surface area contributed by atoms with Crippen LogP contribution in [0.3, 0.4) is 0 Å². The van der Waals surface area contributed by atoms with E-state index in [9.17, 15) is 4.79 Å². The number of pyridine rings is 1. The number of rotatable bonds is 3. The van der Waals surface area contributed by atoms with Crippen LogP contribution < -0.4 is 16.4 Å². The lowest BCUT2D eigenvalue weighted by molar-refractivity contribution is 0.1000. The van der Waals surface area contributed by atoms with Crippen LogP contribution in [-0.4, -0.2) is 30.0 Å². The minimum atomic E-state index is -0.374. The number of nitrogens with zero attached hydrogens (tertiary/aromatic N) is 2. The number of aryl methyl sites for hydroxylation is 2. The smallest absolute Gasteiger partial charge is 0.252 e. The van der Waals surface area contributed by atoms with Gasteiger partial charge in [0.15, 0.2) is 0 Å². The second-order valence-corrected chi connectivity index (χ2v) is 6.37. The molecule has 1 fully saturated rings. The van der Waals surface area contributed by atoms with Gasteiger partial charge in [0.25, 0.3) is 5.91 Å². The van der Waals surface area contributed by atoms with Gasteiger partial charge >= 0.3 is 0 Å². The highest BCUT2D eigenvalue weighted by Gasteiger charge is 2.27. The quantitative estimate of drug-likeness (QED) is 0.876. The van der Waals surface area contributed by atoms with Crippen LogP contribution in [0.15, 0.2) is 6.07 Å². The predicted molar refractivity (Wildman–Crippen MR) is 83.4 cm³/mol. The summed E-state index contributed by atoms with van der Waals surface area (Å²) in [5, 5.41) is 0. The summed E-state index contributed by atoms with van der Waals surface area (Å²) in [5.74, 6) is 0.973. The number of carbonyl (C=O) groups is 1. The molecule has 5 nitrogen and oxygen atoms in total. The first-order chi connectivity index (χ1) is 10.1. The fourth-order valence-corrected chi connectivity index (χ4v) is 3.52. The number of piperidine rings is 1. The third-order valence-corrected chi connectivity index (χ3v) is 4.88. The third-order valence-electron chi connectivity index (χ3n) is 4.88. The van der Waals surface area contributed by atoms with Crippen LogP contribution in [0.1, 0.15) is 47.8 Å². The second kappa shape index (κ2) is 5.64. The van der Waals surface area contributed by atoms with E-state index in [2.05, 4.69) is 11.8 Å². The Bertz CT molecular complexity index is 547. The zero-order chi connectivity index (χ0) is 15.0. The number of carbonyl (C=O) groups excluding carboxylic acids is 1. The average Bonchev–Trinajstić information content (AvgIpc) is 2.93. The van der Waals surface area contributed by atoms with E-state index in [1.54, 1.807) is 0 Å². The first-order valence-corrected chi connectivity index (χ1v) is 7.89. The summed E-state index contributed by atoms with van der Waals surface area (Å²) in [6.45, 7) is 3.87. The zero-order valence-electron chi connectivity index (χ0n) is 12.6. The Hall–Kier alpha value is -1.62. The molecule has 0 saturated carbocycles. The highest BCUT2D eigenvalue weighted by molar-refractivity contribution is 5.98. The number of hydrogen-bond acceptors (Lipinski definition) is 4. The van der Waals surface area contributed by atoms with E-state index in [0.29, 0.717) is 11.5 Å². The first-order valence-electron chi connectivity index (χ1n) is 7.89. The highest BCUT2D eigenvalue weighted by atomic mass is 16.1. The van der Waals surface area contributed by atoms with E-state index >= 15 is 0 Å². The standard InChI is InChI=1S/C16H24N4O/c1-10(17)11-5-7-20(8-6-11)16-13(15(18)21)9-12-3-2-4-14(12)19-16/h9-11H,2-8,17H2,1H3,(H2,18,21). The van der Waals surface area contributed by atoms with Crippen LogP contribution in [0.4, 0.5) is 5.82 Å². The normalized spacial score (nSPS) is 20.4. The van der Waals surface area contributed by atoms with Crippen molar-refractivity contribution in [2.75, 3.05) is 18.0 Å². The van der Waals surface area contributed by atoms with E-state index in [-0.39, 0.29) is 11.9 Å². The maximum atomic E-state index is 11.8. The van der Waals surface area contributed by atoms with Gasteiger partial charge in [0, 0.05) is 24.8 Å². The van der Waals surface area contributed by atoms with Crippen molar-refractivity contribution in [3.05, 3.63) is 22.9 Å². The van der Waals surface area contributed by atoms with Crippen LogP contribution in [0, 0.1) is 5.92 Å². The summed E-state index contributed by atoms with van der Waals surface area (Å²) in [5.41, 5.74) is 14.5. The number of fused-ring (bicyclic) bond motifs is 1. The molecule has 4 N–H and O–H groups in total. The molecule has 114 valence electrons.